The van der Waals surface area contributed by atoms with Crippen molar-refractivity contribution in [1.82, 2.24) is 0 Å². The molecule has 1 unspecified atom stereocenters. The van der Waals surface area contributed by atoms with E-state index in [-0.39, 0.29) is 5.69 Å². The fourth-order valence-electron chi connectivity index (χ4n) is 1.97. The van der Waals surface area contributed by atoms with Gasteiger partial charge < -0.3 is 9.47 Å². The number of esters is 1. The maximum atomic E-state index is 12.1. The van der Waals surface area contributed by atoms with E-state index in [0.717, 1.165) is 11.8 Å². The first-order chi connectivity index (χ1) is 11.1. The number of carbonyl (C=O) groups is 1. The van der Waals surface area contributed by atoms with Crippen molar-refractivity contribution in [2.24, 2.45) is 0 Å². The summed E-state index contributed by atoms with van der Waals surface area (Å²) in [4.78, 5) is 23.2. The van der Waals surface area contributed by atoms with Gasteiger partial charge in [-0.3, -0.25) is 14.9 Å². The van der Waals surface area contributed by atoms with Crippen LogP contribution in [0.2, 0.25) is 0 Å². The number of nitro benzene ring substituents is 1. The van der Waals surface area contributed by atoms with Crippen LogP contribution in [0.15, 0.2) is 53.4 Å². The van der Waals surface area contributed by atoms with Gasteiger partial charge in [-0.25, -0.2) is 0 Å². The predicted molar refractivity (Wildman–Crippen MR) is 86.7 cm³/mol. The van der Waals surface area contributed by atoms with Crippen molar-refractivity contribution < 1.29 is 19.2 Å². The van der Waals surface area contributed by atoms with Gasteiger partial charge in [0.2, 0.25) is 0 Å². The van der Waals surface area contributed by atoms with Gasteiger partial charge in [0.05, 0.1) is 24.0 Å². The number of nitrogens with zero attached hydrogens (tertiary/aromatic N) is 1. The first-order valence-electron chi connectivity index (χ1n) is 6.68. The van der Waals surface area contributed by atoms with Gasteiger partial charge >= 0.3 is 5.97 Å². The quantitative estimate of drug-likeness (QED) is 0.348. The van der Waals surface area contributed by atoms with Crippen LogP contribution in [0.1, 0.15) is 10.8 Å². The Morgan fingerprint density at radius 1 is 1.13 bits per heavy atom. The van der Waals surface area contributed by atoms with Crippen molar-refractivity contribution in [3.63, 3.8) is 0 Å². The van der Waals surface area contributed by atoms with E-state index >= 15 is 0 Å². The van der Waals surface area contributed by atoms with Crippen LogP contribution in [0.4, 0.5) is 5.69 Å². The van der Waals surface area contributed by atoms with Crippen LogP contribution in [0.5, 0.6) is 5.75 Å². The molecule has 0 aromatic heterocycles. The summed E-state index contributed by atoms with van der Waals surface area (Å²) in [5, 5.41) is 10.4. The molecule has 0 saturated carbocycles. The van der Waals surface area contributed by atoms with Gasteiger partial charge in [-0.05, 0) is 23.8 Å². The van der Waals surface area contributed by atoms with Crippen LogP contribution >= 0.6 is 11.8 Å². The molecule has 2 aromatic rings. The highest BCUT2D eigenvalue weighted by molar-refractivity contribution is 8.00. The molecule has 7 heteroatoms. The molecule has 0 radical (unpaired) electrons. The number of hydrogen-bond acceptors (Lipinski definition) is 6. The van der Waals surface area contributed by atoms with Gasteiger partial charge in [0.25, 0.3) is 5.69 Å². The molecule has 2 aromatic carbocycles. The fraction of sp³-hybridized carbons (Fsp3) is 0.188. The Hall–Kier alpha value is -2.54. The van der Waals surface area contributed by atoms with Gasteiger partial charge in [-0.1, -0.05) is 36.0 Å². The minimum atomic E-state index is -0.702. The number of hydrogen-bond donors (Lipinski definition) is 0. The van der Waals surface area contributed by atoms with Gasteiger partial charge in [-0.15, -0.1) is 0 Å². The number of ether oxygens (including phenoxy) is 2. The van der Waals surface area contributed by atoms with Crippen molar-refractivity contribution >= 4 is 23.4 Å². The Morgan fingerprint density at radius 2 is 1.78 bits per heavy atom. The van der Waals surface area contributed by atoms with Crippen LogP contribution in [-0.2, 0) is 9.53 Å². The second-order valence-electron chi connectivity index (χ2n) is 4.52. The first kappa shape index (κ1) is 16.8. The lowest BCUT2D eigenvalue weighted by Crippen LogP contribution is -2.11. The second kappa shape index (κ2) is 7.64. The van der Waals surface area contributed by atoms with E-state index in [9.17, 15) is 14.9 Å². The maximum Gasteiger partial charge on any atom is 0.323 e. The molecule has 0 heterocycles. The number of methoxy groups -OCH3 is 2. The lowest BCUT2D eigenvalue weighted by Gasteiger charge is -2.15. The van der Waals surface area contributed by atoms with Crippen molar-refractivity contribution in [2.75, 3.05) is 14.2 Å². The Kier molecular flexibility index (Phi) is 5.59. The van der Waals surface area contributed by atoms with E-state index in [1.165, 1.54) is 13.2 Å². The molecular weight excluding hydrogens is 318 g/mol. The van der Waals surface area contributed by atoms with Gasteiger partial charge in [-0.2, -0.15) is 0 Å². The minimum absolute atomic E-state index is 0.0417. The third-order valence-corrected chi connectivity index (χ3v) is 4.44. The number of benzene rings is 2. The normalized spacial score (nSPS) is 11.6. The summed E-state index contributed by atoms with van der Waals surface area (Å²) in [6.45, 7) is 0. The average molecular weight is 333 g/mol. The second-order valence-corrected chi connectivity index (χ2v) is 5.67. The highest BCUT2D eigenvalue weighted by Gasteiger charge is 2.26. The van der Waals surface area contributed by atoms with Gasteiger partial charge in [0, 0.05) is 6.07 Å². The van der Waals surface area contributed by atoms with E-state index in [1.807, 2.05) is 0 Å². The minimum Gasteiger partial charge on any atom is -0.497 e. The molecule has 6 nitrogen and oxygen atoms in total. The number of para-hydroxylation sites is 1. The summed E-state index contributed by atoms with van der Waals surface area (Å²) in [6, 6.07) is 13.2. The zero-order chi connectivity index (χ0) is 16.8. The SMILES string of the molecule is COC(=O)C(Sc1ccccc1[N+](=O)[O-])c1ccc(OC)cc1. The van der Waals surface area contributed by atoms with Crippen LogP contribution < -0.4 is 4.74 Å². The predicted octanol–water partition coefficient (Wildman–Crippen LogP) is 3.61. The van der Waals surface area contributed by atoms with Gasteiger partial charge in [0.1, 0.15) is 11.0 Å². The lowest BCUT2D eigenvalue weighted by molar-refractivity contribution is -0.387. The zero-order valence-electron chi connectivity index (χ0n) is 12.6. The monoisotopic (exact) mass is 333 g/mol. The summed E-state index contributed by atoms with van der Waals surface area (Å²) in [6.07, 6.45) is 0. The molecule has 0 N–H and O–H groups in total. The van der Waals surface area contributed by atoms with E-state index in [1.54, 1.807) is 49.6 Å². The average Bonchev–Trinajstić information content (AvgIpc) is 2.59. The number of carbonyl (C=O) groups excluding carboxylic acids is 1. The Labute approximate surface area is 137 Å². The standard InChI is InChI=1S/C16H15NO5S/c1-21-12-9-7-11(8-10-12)15(16(18)22-2)23-14-6-4-3-5-13(14)17(19)20/h3-10,15H,1-2H3. The molecule has 0 fully saturated rings. The highest BCUT2D eigenvalue weighted by Crippen LogP contribution is 2.40. The molecule has 23 heavy (non-hydrogen) atoms. The van der Waals surface area contributed by atoms with Crippen molar-refractivity contribution in [1.29, 1.82) is 0 Å². The van der Waals surface area contributed by atoms with Crippen LogP contribution in [-0.4, -0.2) is 25.1 Å². The molecule has 0 bridgehead atoms. The summed E-state index contributed by atoms with van der Waals surface area (Å²) in [5.74, 6) is 0.186. The number of nitro groups is 1. The maximum absolute atomic E-state index is 12.1. The molecule has 1 atom stereocenters. The molecule has 0 amide bonds. The Bertz CT molecular complexity index is 702. The third-order valence-electron chi connectivity index (χ3n) is 3.14. The summed E-state index contributed by atoms with van der Waals surface area (Å²) < 4.78 is 9.93. The smallest absolute Gasteiger partial charge is 0.323 e. The summed E-state index contributed by atoms with van der Waals surface area (Å²) in [5.41, 5.74) is 0.640. The first-order valence-corrected chi connectivity index (χ1v) is 7.56. The van der Waals surface area contributed by atoms with Crippen LogP contribution in [0.25, 0.3) is 0 Å². The van der Waals surface area contributed by atoms with E-state index in [4.69, 9.17) is 9.47 Å². The zero-order valence-corrected chi connectivity index (χ0v) is 13.4. The van der Waals surface area contributed by atoms with E-state index in [0.29, 0.717) is 16.2 Å². The molecule has 0 aliphatic heterocycles. The van der Waals surface area contributed by atoms with Crippen LogP contribution in [0.3, 0.4) is 0 Å². The van der Waals surface area contributed by atoms with E-state index in [2.05, 4.69) is 0 Å². The summed E-state index contributed by atoms with van der Waals surface area (Å²) in [7, 11) is 2.84. The van der Waals surface area contributed by atoms with Crippen molar-refractivity contribution in [3.05, 3.63) is 64.2 Å². The molecular formula is C16H15NO5S. The molecule has 0 spiro atoms. The molecule has 0 aliphatic rings. The lowest BCUT2D eigenvalue weighted by atomic mass is 10.1. The largest absolute Gasteiger partial charge is 0.497 e. The number of thioether (sulfide) groups is 1. The Balaban J connectivity index is 2.36. The molecule has 0 aliphatic carbocycles. The van der Waals surface area contributed by atoms with Gasteiger partial charge in [0.15, 0.2) is 0 Å². The number of rotatable bonds is 6. The van der Waals surface area contributed by atoms with Crippen LogP contribution in [0, 0.1) is 10.1 Å². The highest BCUT2D eigenvalue weighted by atomic mass is 32.2. The third kappa shape index (κ3) is 4.01. The molecule has 2 rings (SSSR count). The molecule has 0 saturated heterocycles. The molecule has 120 valence electrons. The van der Waals surface area contributed by atoms with E-state index < -0.39 is 16.1 Å². The summed E-state index contributed by atoms with van der Waals surface area (Å²) >= 11 is 1.09. The Morgan fingerprint density at radius 3 is 2.35 bits per heavy atom. The van der Waals surface area contributed by atoms with Crippen molar-refractivity contribution in [3.8, 4) is 5.75 Å². The van der Waals surface area contributed by atoms with Crippen molar-refractivity contribution in [2.45, 2.75) is 10.1 Å². The fourth-order valence-corrected chi connectivity index (χ4v) is 3.13. The topological polar surface area (TPSA) is 78.7 Å².